The van der Waals surface area contributed by atoms with Crippen LogP contribution in [0.5, 0.6) is 0 Å². The van der Waals surface area contributed by atoms with E-state index in [1.54, 1.807) is 24.4 Å². The predicted octanol–water partition coefficient (Wildman–Crippen LogP) is 3.31. The zero-order valence-corrected chi connectivity index (χ0v) is 16.1. The van der Waals surface area contributed by atoms with Crippen molar-refractivity contribution in [1.29, 1.82) is 0 Å². The lowest BCUT2D eigenvalue weighted by atomic mass is 10.2. The number of carbonyl (C=O) groups excluding carboxylic acids is 1. The van der Waals surface area contributed by atoms with E-state index >= 15 is 0 Å². The fourth-order valence-electron chi connectivity index (χ4n) is 2.57. The van der Waals surface area contributed by atoms with Crippen molar-refractivity contribution in [2.45, 2.75) is 25.5 Å². The number of aryl methyl sites for hydroxylation is 1. The van der Waals surface area contributed by atoms with Gasteiger partial charge in [0.05, 0.1) is 10.7 Å². The minimum Gasteiger partial charge on any atom is -0.310 e. The first-order chi connectivity index (χ1) is 13.5. The summed E-state index contributed by atoms with van der Waals surface area (Å²) in [5, 5.41) is 22.6. The monoisotopic (exact) mass is 398 g/mol. The largest absolute Gasteiger partial charge is 0.310 e. The molecule has 0 saturated heterocycles. The molecule has 144 valence electrons. The van der Waals surface area contributed by atoms with Gasteiger partial charge in [-0.25, -0.2) is 4.98 Å². The number of hydrogen-bond acceptors (Lipinski definition) is 7. The number of nitrogens with one attached hydrogen (secondary N) is 1. The molecule has 28 heavy (non-hydrogen) atoms. The highest BCUT2D eigenvalue weighted by Gasteiger charge is 2.17. The molecule has 0 aliphatic carbocycles. The summed E-state index contributed by atoms with van der Waals surface area (Å²) in [6.07, 6.45) is 1.62. The van der Waals surface area contributed by atoms with Gasteiger partial charge in [-0.2, -0.15) is 0 Å². The summed E-state index contributed by atoms with van der Waals surface area (Å²) in [6, 6.07) is 9.91. The molecule has 3 aromatic rings. The van der Waals surface area contributed by atoms with Crippen molar-refractivity contribution in [3.05, 3.63) is 58.3 Å². The fraction of sp³-hybridized carbons (Fsp3) is 0.222. The van der Waals surface area contributed by atoms with Crippen LogP contribution in [0.4, 0.5) is 11.5 Å². The van der Waals surface area contributed by atoms with E-state index in [9.17, 15) is 14.9 Å². The van der Waals surface area contributed by atoms with E-state index < -0.39 is 4.92 Å². The molecule has 0 aliphatic rings. The Hall–Kier alpha value is -3.27. The number of nitrogens with zero attached hydrogens (tertiary/aromatic N) is 5. The van der Waals surface area contributed by atoms with E-state index in [-0.39, 0.29) is 17.3 Å². The van der Waals surface area contributed by atoms with Gasteiger partial charge in [-0.15, -0.1) is 10.2 Å². The van der Waals surface area contributed by atoms with Gasteiger partial charge in [-0.05, 0) is 25.5 Å². The van der Waals surface area contributed by atoms with Crippen LogP contribution in [0.15, 0.2) is 47.8 Å². The highest BCUT2D eigenvalue weighted by Crippen LogP contribution is 2.26. The van der Waals surface area contributed by atoms with Crippen molar-refractivity contribution in [3.63, 3.8) is 0 Å². The molecule has 2 heterocycles. The lowest BCUT2D eigenvalue weighted by Gasteiger charge is -2.08. The van der Waals surface area contributed by atoms with Crippen LogP contribution in [-0.4, -0.2) is 36.3 Å². The Bertz CT molecular complexity index is 1020. The Morgan fingerprint density at radius 1 is 1.29 bits per heavy atom. The van der Waals surface area contributed by atoms with E-state index in [1.807, 2.05) is 24.5 Å². The second kappa shape index (κ2) is 8.61. The third kappa shape index (κ3) is 4.34. The molecule has 0 saturated carbocycles. The molecule has 0 radical (unpaired) electrons. The van der Waals surface area contributed by atoms with Gasteiger partial charge >= 0.3 is 0 Å². The zero-order valence-electron chi connectivity index (χ0n) is 15.3. The highest BCUT2D eigenvalue weighted by molar-refractivity contribution is 7.99. The number of non-ortho nitro benzene ring substituents is 1. The number of amides is 1. The van der Waals surface area contributed by atoms with Gasteiger partial charge in [0.1, 0.15) is 5.82 Å². The third-order valence-electron chi connectivity index (χ3n) is 3.95. The van der Waals surface area contributed by atoms with Crippen molar-refractivity contribution >= 4 is 29.2 Å². The minimum absolute atomic E-state index is 0.0116. The summed E-state index contributed by atoms with van der Waals surface area (Å²) in [6.45, 7) is 4.36. The molecule has 1 amide bonds. The molecule has 0 unspecified atom stereocenters. The smallest absolute Gasteiger partial charge is 0.270 e. The van der Waals surface area contributed by atoms with Crippen LogP contribution in [0.3, 0.4) is 0 Å². The number of carbonyl (C=O) groups is 1. The second-order valence-corrected chi connectivity index (χ2v) is 6.81. The Morgan fingerprint density at radius 3 is 2.82 bits per heavy atom. The fourth-order valence-corrected chi connectivity index (χ4v) is 3.37. The molecule has 3 rings (SSSR count). The first-order valence-corrected chi connectivity index (χ1v) is 9.50. The molecular weight excluding hydrogens is 380 g/mol. The number of rotatable bonds is 7. The number of aromatic nitrogens is 4. The van der Waals surface area contributed by atoms with E-state index in [0.717, 1.165) is 5.56 Å². The maximum absolute atomic E-state index is 12.2. The normalized spacial score (nSPS) is 10.6. The van der Waals surface area contributed by atoms with Crippen LogP contribution in [-0.2, 0) is 11.3 Å². The number of nitro groups is 1. The molecule has 0 spiro atoms. The average molecular weight is 398 g/mol. The van der Waals surface area contributed by atoms with Gasteiger partial charge < -0.3 is 9.88 Å². The van der Waals surface area contributed by atoms with Gasteiger partial charge in [0.2, 0.25) is 5.91 Å². The van der Waals surface area contributed by atoms with Gasteiger partial charge in [-0.1, -0.05) is 30.0 Å². The summed E-state index contributed by atoms with van der Waals surface area (Å²) in [4.78, 5) is 26.9. The molecule has 1 N–H and O–H groups in total. The standard InChI is InChI=1S/C18H18N6O3S/c1-3-23-17(13-7-4-8-14(10-13)24(26)27)21-22-18(23)28-11-15(25)20-16-12(2)6-5-9-19-16/h4-10H,3,11H2,1-2H3,(H,19,20,25). The van der Waals surface area contributed by atoms with E-state index in [1.165, 1.54) is 23.9 Å². The highest BCUT2D eigenvalue weighted by atomic mass is 32.2. The second-order valence-electron chi connectivity index (χ2n) is 5.86. The van der Waals surface area contributed by atoms with Crippen molar-refractivity contribution in [1.82, 2.24) is 19.7 Å². The Labute approximate surface area is 165 Å². The van der Waals surface area contributed by atoms with Crippen molar-refractivity contribution in [2.75, 3.05) is 11.1 Å². The number of hydrogen-bond donors (Lipinski definition) is 1. The lowest BCUT2D eigenvalue weighted by Crippen LogP contribution is -2.16. The molecule has 0 aliphatic heterocycles. The number of pyridine rings is 1. The Kier molecular flexibility index (Phi) is 5.99. The summed E-state index contributed by atoms with van der Waals surface area (Å²) >= 11 is 1.25. The maximum Gasteiger partial charge on any atom is 0.270 e. The average Bonchev–Trinajstić information content (AvgIpc) is 3.11. The molecule has 2 aromatic heterocycles. The Balaban J connectivity index is 1.74. The zero-order chi connectivity index (χ0) is 20.1. The lowest BCUT2D eigenvalue weighted by molar-refractivity contribution is -0.384. The molecule has 10 heteroatoms. The number of benzene rings is 1. The third-order valence-corrected chi connectivity index (χ3v) is 4.91. The molecule has 0 atom stereocenters. The van der Waals surface area contributed by atoms with Crippen LogP contribution in [0, 0.1) is 17.0 Å². The number of thioether (sulfide) groups is 1. The molecule has 1 aromatic carbocycles. The summed E-state index contributed by atoms with van der Waals surface area (Å²) in [5.74, 6) is 0.995. The van der Waals surface area contributed by atoms with Gasteiger partial charge in [-0.3, -0.25) is 14.9 Å². The Morgan fingerprint density at radius 2 is 2.11 bits per heavy atom. The van der Waals surface area contributed by atoms with Crippen molar-refractivity contribution in [2.24, 2.45) is 0 Å². The maximum atomic E-state index is 12.2. The van der Waals surface area contributed by atoms with E-state index in [4.69, 9.17) is 0 Å². The molecule has 9 nitrogen and oxygen atoms in total. The quantitative estimate of drug-likeness (QED) is 0.369. The molecular formula is C18H18N6O3S. The van der Waals surface area contributed by atoms with E-state index in [2.05, 4.69) is 20.5 Å². The van der Waals surface area contributed by atoms with Crippen LogP contribution >= 0.6 is 11.8 Å². The predicted molar refractivity (Wildman–Crippen MR) is 106 cm³/mol. The first kappa shape index (κ1) is 19.5. The minimum atomic E-state index is -0.449. The summed E-state index contributed by atoms with van der Waals surface area (Å²) in [7, 11) is 0. The topological polar surface area (TPSA) is 116 Å². The van der Waals surface area contributed by atoms with E-state index in [0.29, 0.717) is 28.9 Å². The summed E-state index contributed by atoms with van der Waals surface area (Å²) < 4.78 is 1.82. The van der Waals surface area contributed by atoms with Crippen LogP contribution in [0.1, 0.15) is 12.5 Å². The number of nitro benzene ring substituents is 1. The number of anilines is 1. The van der Waals surface area contributed by atoms with Crippen LogP contribution in [0.25, 0.3) is 11.4 Å². The first-order valence-electron chi connectivity index (χ1n) is 8.52. The molecule has 0 bridgehead atoms. The van der Waals surface area contributed by atoms with Crippen LogP contribution < -0.4 is 5.32 Å². The molecule has 0 fully saturated rings. The van der Waals surface area contributed by atoms with Crippen LogP contribution in [0.2, 0.25) is 0 Å². The van der Waals surface area contributed by atoms with Crippen molar-refractivity contribution < 1.29 is 9.72 Å². The van der Waals surface area contributed by atoms with Gasteiger partial charge in [0, 0.05) is 30.4 Å². The summed E-state index contributed by atoms with van der Waals surface area (Å²) in [5.41, 5.74) is 1.47. The van der Waals surface area contributed by atoms with Crippen molar-refractivity contribution in [3.8, 4) is 11.4 Å². The SMILES string of the molecule is CCn1c(SCC(=O)Nc2ncccc2C)nnc1-c1cccc([N+](=O)[O-])c1. The van der Waals surface area contributed by atoms with Gasteiger partial charge in [0.25, 0.3) is 5.69 Å². The van der Waals surface area contributed by atoms with Gasteiger partial charge in [0.15, 0.2) is 11.0 Å².